The van der Waals surface area contributed by atoms with Crippen molar-refractivity contribution in [1.29, 1.82) is 0 Å². The third kappa shape index (κ3) is 3.68. The fourth-order valence-electron chi connectivity index (χ4n) is 2.05. The summed E-state index contributed by atoms with van der Waals surface area (Å²) < 4.78 is 13.8. The molecule has 3 nitrogen and oxygen atoms in total. The lowest BCUT2D eigenvalue weighted by Crippen LogP contribution is -2.39. The Morgan fingerprint density at radius 1 is 1.39 bits per heavy atom. The van der Waals surface area contributed by atoms with Crippen LogP contribution in [-0.4, -0.2) is 28.9 Å². The molecule has 4 heteroatoms. The predicted molar refractivity (Wildman–Crippen MR) is 71.2 cm³/mol. The van der Waals surface area contributed by atoms with Crippen LogP contribution in [0.25, 0.3) is 0 Å². The Labute approximate surface area is 108 Å². The van der Waals surface area contributed by atoms with Crippen molar-refractivity contribution in [3.63, 3.8) is 0 Å². The zero-order chi connectivity index (χ0) is 13.9. The molecular weight excluding hydrogens is 233 g/mol. The molecule has 0 fully saturated rings. The molecule has 0 saturated carbocycles. The summed E-state index contributed by atoms with van der Waals surface area (Å²) in [6, 6.07) is 4.72. The largest absolute Gasteiger partial charge is 0.389 e. The minimum absolute atomic E-state index is 0.281. The second-order valence-corrected chi connectivity index (χ2v) is 5.18. The first-order valence-corrected chi connectivity index (χ1v) is 6.20. The Kier molecular flexibility index (Phi) is 4.71. The van der Waals surface area contributed by atoms with Crippen LogP contribution in [0, 0.1) is 5.82 Å². The summed E-state index contributed by atoms with van der Waals surface area (Å²) in [5, 5.41) is 19.6. The molecule has 1 aromatic rings. The number of benzene rings is 1. The van der Waals surface area contributed by atoms with Crippen molar-refractivity contribution in [1.82, 2.24) is 0 Å². The summed E-state index contributed by atoms with van der Waals surface area (Å²) >= 11 is 0. The van der Waals surface area contributed by atoms with Crippen molar-refractivity contribution in [3.8, 4) is 0 Å². The molecule has 0 radical (unpaired) electrons. The van der Waals surface area contributed by atoms with Crippen LogP contribution in [0.2, 0.25) is 0 Å². The molecule has 0 amide bonds. The molecule has 18 heavy (non-hydrogen) atoms. The molecule has 2 N–H and O–H groups in total. The molecule has 0 aliphatic rings. The van der Waals surface area contributed by atoms with E-state index in [0.717, 1.165) is 0 Å². The minimum atomic E-state index is -0.878. The summed E-state index contributed by atoms with van der Waals surface area (Å²) in [5.41, 5.74) is 0.0383. The zero-order valence-corrected chi connectivity index (χ0v) is 11.4. The van der Waals surface area contributed by atoms with Crippen LogP contribution in [0.1, 0.15) is 39.4 Å². The number of halogens is 1. The summed E-state index contributed by atoms with van der Waals surface area (Å²) in [7, 11) is 0. The van der Waals surface area contributed by atoms with Crippen molar-refractivity contribution >= 4 is 5.69 Å². The summed E-state index contributed by atoms with van der Waals surface area (Å²) in [6.45, 7) is 7.90. The molecular formula is C14H22FNO2. The molecule has 0 aliphatic heterocycles. The second kappa shape index (κ2) is 5.67. The SMILES string of the molecule is CCN(CC(C)(C)O)c1cccc(F)c1C(C)O. The van der Waals surface area contributed by atoms with Crippen LogP contribution in [0.5, 0.6) is 0 Å². The van der Waals surface area contributed by atoms with Gasteiger partial charge in [-0.25, -0.2) is 4.39 Å². The van der Waals surface area contributed by atoms with E-state index < -0.39 is 17.5 Å². The average Bonchev–Trinajstić information content (AvgIpc) is 2.23. The van der Waals surface area contributed by atoms with Crippen molar-refractivity contribution < 1.29 is 14.6 Å². The molecule has 102 valence electrons. The van der Waals surface area contributed by atoms with E-state index in [1.54, 1.807) is 32.9 Å². The molecule has 0 aromatic heterocycles. The van der Waals surface area contributed by atoms with Gasteiger partial charge in [-0.1, -0.05) is 6.07 Å². The highest BCUT2D eigenvalue weighted by Gasteiger charge is 2.22. The average molecular weight is 255 g/mol. The maximum atomic E-state index is 13.8. The van der Waals surface area contributed by atoms with Gasteiger partial charge in [0.2, 0.25) is 0 Å². The van der Waals surface area contributed by atoms with Crippen molar-refractivity contribution in [2.75, 3.05) is 18.0 Å². The number of hydrogen-bond acceptors (Lipinski definition) is 3. The Bertz CT molecular complexity index is 399. The van der Waals surface area contributed by atoms with E-state index in [2.05, 4.69) is 0 Å². The second-order valence-electron chi connectivity index (χ2n) is 5.18. The fraction of sp³-hybridized carbons (Fsp3) is 0.571. The summed E-state index contributed by atoms with van der Waals surface area (Å²) in [5.74, 6) is -0.420. The van der Waals surface area contributed by atoms with Gasteiger partial charge in [-0.15, -0.1) is 0 Å². The lowest BCUT2D eigenvalue weighted by molar-refractivity contribution is 0.0873. The minimum Gasteiger partial charge on any atom is -0.389 e. The quantitative estimate of drug-likeness (QED) is 0.849. The van der Waals surface area contributed by atoms with Crippen LogP contribution in [-0.2, 0) is 0 Å². The third-order valence-electron chi connectivity index (χ3n) is 2.75. The number of aliphatic hydroxyl groups is 2. The Morgan fingerprint density at radius 3 is 2.44 bits per heavy atom. The van der Waals surface area contributed by atoms with Gasteiger partial charge in [-0.2, -0.15) is 0 Å². The van der Waals surface area contributed by atoms with Gasteiger partial charge in [0.1, 0.15) is 5.82 Å². The molecule has 1 atom stereocenters. The third-order valence-corrected chi connectivity index (χ3v) is 2.75. The van der Waals surface area contributed by atoms with Crippen molar-refractivity contribution in [3.05, 3.63) is 29.6 Å². The highest BCUT2D eigenvalue weighted by atomic mass is 19.1. The maximum Gasteiger partial charge on any atom is 0.131 e. The number of hydrogen-bond donors (Lipinski definition) is 2. The van der Waals surface area contributed by atoms with E-state index in [-0.39, 0.29) is 5.56 Å². The van der Waals surface area contributed by atoms with E-state index in [9.17, 15) is 14.6 Å². The number of rotatable bonds is 5. The first-order chi connectivity index (χ1) is 8.26. The van der Waals surface area contributed by atoms with Crippen LogP contribution in [0.4, 0.5) is 10.1 Å². The molecule has 1 aromatic carbocycles. The van der Waals surface area contributed by atoms with E-state index in [1.807, 2.05) is 11.8 Å². The Morgan fingerprint density at radius 2 is 2.00 bits per heavy atom. The first kappa shape index (κ1) is 14.9. The van der Waals surface area contributed by atoms with Crippen LogP contribution in [0.15, 0.2) is 18.2 Å². The molecule has 1 rings (SSSR count). The highest BCUT2D eigenvalue weighted by molar-refractivity contribution is 5.55. The molecule has 0 spiro atoms. The van der Waals surface area contributed by atoms with Gasteiger partial charge >= 0.3 is 0 Å². The van der Waals surface area contributed by atoms with E-state index >= 15 is 0 Å². The summed E-state index contributed by atoms with van der Waals surface area (Å²) in [4.78, 5) is 1.87. The van der Waals surface area contributed by atoms with Crippen LogP contribution < -0.4 is 4.90 Å². The van der Waals surface area contributed by atoms with E-state index in [4.69, 9.17) is 0 Å². The summed E-state index contributed by atoms with van der Waals surface area (Å²) in [6.07, 6.45) is -0.878. The Balaban J connectivity index is 3.17. The van der Waals surface area contributed by atoms with Crippen LogP contribution >= 0.6 is 0 Å². The molecule has 0 saturated heterocycles. The van der Waals surface area contributed by atoms with Gasteiger partial charge in [0, 0.05) is 24.3 Å². The normalized spacial score (nSPS) is 13.5. The molecule has 1 unspecified atom stereocenters. The van der Waals surface area contributed by atoms with Gasteiger partial charge in [-0.05, 0) is 39.8 Å². The fourth-order valence-corrected chi connectivity index (χ4v) is 2.05. The Hall–Kier alpha value is -1.13. The topological polar surface area (TPSA) is 43.7 Å². The predicted octanol–water partition coefficient (Wildman–Crippen LogP) is 2.48. The van der Waals surface area contributed by atoms with E-state index in [1.165, 1.54) is 6.07 Å². The number of aliphatic hydroxyl groups excluding tert-OH is 1. The molecule has 0 heterocycles. The molecule has 0 bridgehead atoms. The van der Waals surface area contributed by atoms with Gasteiger partial charge < -0.3 is 15.1 Å². The van der Waals surface area contributed by atoms with E-state index in [0.29, 0.717) is 18.8 Å². The first-order valence-electron chi connectivity index (χ1n) is 6.20. The highest BCUT2D eigenvalue weighted by Crippen LogP contribution is 2.29. The molecule has 0 aliphatic carbocycles. The number of likely N-dealkylation sites (N-methyl/N-ethyl adjacent to an activating group) is 1. The van der Waals surface area contributed by atoms with Crippen molar-refractivity contribution in [2.45, 2.75) is 39.4 Å². The smallest absolute Gasteiger partial charge is 0.131 e. The van der Waals surface area contributed by atoms with Gasteiger partial charge in [0.15, 0.2) is 0 Å². The standard InChI is InChI=1S/C14H22FNO2/c1-5-16(9-14(3,4)18)12-8-6-7-11(15)13(12)10(2)17/h6-8,10,17-18H,5,9H2,1-4H3. The number of nitrogens with zero attached hydrogens (tertiary/aromatic N) is 1. The lowest BCUT2D eigenvalue weighted by Gasteiger charge is -2.32. The van der Waals surface area contributed by atoms with Crippen molar-refractivity contribution in [2.24, 2.45) is 0 Å². The number of anilines is 1. The van der Waals surface area contributed by atoms with Gasteiger partial charge in [0.25, 0.3) is 0 Å². The lowest BCUT2D eigenvalue weighted by atomic mass is 10.0. The van der Waals surface area contributed by atoms with Gasteiger partial charge in [0.05, 0.1) is 11.7 Å². The maximum absolute atomic E-state index is 13.8. The monoisotopic (exact) mass is 255 g/mol. The van der Waals surface area contributed by atoms with Crippen LogP contribution in [0.3, 0.4) is 0 Å². The van der Waals surface area contributed by atoms with Gasteiger partial charge in [-0.3, -0.25) is 0 Å². The zero-order valence-electron chi connectivity index (χ0n) is 11.4.